The average Bonchev–Trinajstić information content (AvgIpc) is 3.29. The van der Waals surface area contributed by atoms with Crippen LogP contribution in [0.5, 0.6) is 5.75 Å². The van der Waals surface area contributed by atoms with Gasteiger partial charge in [0.25, 0.3) is 0 Å². The molecule has 3 aromatic heterocycles. The van der Waals surface area contributed by atoms with E-state index in [9.17, 15) is 18.7 Å². The molecule has 0 saturated heterocycles. The fourth-order valence-electron chi connectivity index (χ4n) is 5.60. The van der Waals surface area contributed by atoms with Gasteiger partial charge in [0.1, 0.15) is 24.0 Å². The Morgan fingerprint density at radius 1 is 0.896 bits per heavy atom. The molecule has 0 atom stereocenters. The second-order valence-electron chi connectivity index (χ2n) is 13.6. The molecule has 1 N–H and O–H groups in total. The van der Waals surface area contributed by atoms with E-state index in [4.69, 9.17) is 4.74 Å². The van der Waals surface area contributed by atoms with Crippen LogP contribution < -0.4 is 4.74 Å². The van der Waals surface area contributed by atoms with E-state index in [1.165, 1.54) is 24.4 Å². The Morgan fingerprint density at radius 2 is 1.65 bits per heavy atom. The van der Waals surface area contributed by atoms with E-state index in [0.717, 1.165) is 43.7 Å². The summed E-state index contributed by atoms with van der Waals surface area (Å²) in [5.74, 6) is -0.886. The Bertz CT molecular complexity index is 2120. The second-order valence-corrected chi connectivity index (χ2v) is 15.4. The quantitative estimate of drug-likeness (QED) is 0.147. The number of rotatable bonds is 10. The highest BCUT2D eigenvalue weighted by Crippen LogP contribution is 2.44. The van der Waals surface area contributed by atoms with Gasteiger partial charge < -0.3 is 14.4 Å². The van der Waals surface area contributed by atoms with Gasteiger partial charge >= 0.3 is 5.97 Å². The number of carboxylic acid groups (broad SMARTS) is 1. The zero-order valence-corrected chi connectivity index (χ0v) is 28.4. The van der Waals surface area contributed by atoms with Crippen LogP contribution in [0.3, 0.4) is 0 Å². The number of ether oxygens (including phenoxy) is 1. The third-order valence-corrected chi connectivity index (χ3v) is 9.37. The lowest BCUT2D eigenvalue weighted by Crippen LogP contribution is -2.28. The molecule has 246 valence electrons. The summed E-state index contributed by atoms with van der Waals surface area (Å²) in [6, 6.07) is 25.2. The SMILES string of the molecule is CC(C)(C)Sc1c(CC(C)(C)C(=O)O)n(Cc2ccc(-c3ccc(F)cn3)cc2)c2ccc(OCc3ccc4cc(F)ccc4n3)cc12. The van der Waals surface area contributed by atoms with Crippen molar-refractivity contribution in [2.24, 2.45) is 5.41 Å². The maximum Gasteiger partial charge on any atom is 0.309 e. The fraction of sp³-hybridized carbons (Fsp3) is 0.256. The molecule has 9 heteroatoms. The van der Waals surface area contributed by atoms with Crippen LogP contribution >= 0.6 is 11.8 Å². The summed E-state index contributed by atoms with van der Waals surface area (Å²) >= 11 is 1.72. The maximum absolute atomic E-state index is 13.6. The smallest absolute Gasteiger partial charge is 0.309 e. The summed E-state index contributed by atoms with van der Waals surface area (Å²) in [5.41, 5.74) is 4.91. The van der Waals surface area contributed by atoms with Gasteiger partial charge in [0.05, 0.1) is 28.5 Å². The largest absolute Gasteiger partial charge is 0.487 e. The van der Waals surface area contributed by atoms with Crippen molar-refractivity contribution in [2.45, 2.75) is 63.8 Å². The minimum absolute atomic E-state index is 0.156. The first-order valence-corrected chi connectivity index (χ1v) is 16.5. The van der Waals surface area contributed by atoms with Crippen molar-refractivity contribution < 1.29 is 23.4 Å². The van der Waals surface area contributed by atoms with E-state index in [-0.39, 0.29) is 23.0 Å². The van der Waals surface area contributed by atoms with Crippen molar-refractivity contribution in [3.05, 3.63) is 120 Å². The van der Waals surface area contributed by atoms with E-state index in [1.54, 1.807) is 37.7 Å². The molecule has 0 amide bonds. The molecule has 0 fully saturated rings. The van der Waals surface area contributed by atoms with Crippen LogP contribution in [0, 0.1) is 17.0 Å². The number of thioether (sulfide) groups is 1. The van der Waals surface area contributed by atoms with Crippen molar-refractivity contribution in [2.75, 3.05) is 0 Å². The fourth-order valence-corrected chi connectivity index (χ4v) is 6.79. The number of fused-ring (bicyclic) bond motifs is 2. The first-order valence-electron chi connectivity index (χ1n) is 15.7. The van der Waals surface area contributed by atoms with Crippen molar-refractivity contribution in [3.8, 4) is 17.0 Å². The van der Waals surface area contributed by atoms with Crippen molar-refractivity contribution in [3.63, 3.8) is 0 Å². The van der Waals surface area contributed by atoms with E-state index in [0.29, 0.717) is 29.9 Å². The number of halogens is 2. The minimum Gasteiger partial charge on any atom is -0.487 e. The third kappa shape index (κ3) is 7.36. The van der Waals surface area contributed by atoms with Gasteiger partial charge in [-0.3, -0.25) is 9.78 Å². The van der Waals surface area contributed by atoms with Crippen LogP contribution in [0.4, 0.5) is 8.78 Å². The molecule has 0 aliphatic carbocycles. The second kappa shape index (κ2) is 13.0. The van der Waals surface area contributed by atoms with Crippen LogP contribution in [0.25, 0.3) is 33.1 Å². The Balaban J connectivity index is 1.39. The summed E-state index contributed by atoms with van der Waals surface area (Å²) < 4.78 is 35.4. The Morgan fingerprint density at radius 3 is 2.33 bits per heavy atom. The highest BCUT2D eigenvalue weighted by molar-refractivity contribution is 8.00. The molecule has 0 aliphatic rings. The zero-order valence-electron chi connectivity index (χ0n) is 27.6. The van der Waals surface area contributed by atoms with Crippen molar-refractivity contribution in [1.82, 2.24) is 14.5 Å². The number of carbonyl (C=O) groups is 1. The number of pyridine rings is 2. The first-order chi connectivity index (χ1) is 22.8. The number of hydrogen-bond donors (Lipinski definition) is 1. The van der Waals surface area contributed by atoms with Gasteiger partial charge in [-0.1, -0.05) is 51.1 Å². The predicted octanol–water partition coefficient (Wildman–Crippen LogP) is 9.70. The Hall–Kier alpha value is -4.76. The molecule has 3 heterocycles. The van der Waals surface area contributed by atoms with E-state index < -0.39 is 11.4 Å². The van der Waals surface area contributed by atoms with Gasteiger partial charge in [-0.25, -0.2) is 13.8 Å². The molecule has 0 unspecified atom stereocenters. The molecule has 0 bridgehead atoms. The third-order valence-electron chi connectivity index (χ3n) is 8.10. The molecule has 3 aromatic carbocycles. The number of carboxylic acids is 1. The highest BCUT2D eigenvalue weighted by Gasteiger charge is 2.33. The summed E-state index contributed by atoms with van der Waals surface area (Å²) in [5, 5.41) is 11.9. The normalized spacial score (nSPS) is 12.1. The highest BCUT2D eigenvalue weighted by atomic mass is 32.2. The summed E-state index contributed by atoms with van der Waals surface area (Å²) in [4.78, 5) is 22.2. The Labute approximate surface area is 282 Å². The number of nitrogens with zero attached hydrogens (tertiary/aromatic N) is 3. The summed E-state index contributed by atoms with van der Waals surface area (Å²) in [6.07, 6.45) is 1.53. The molecule has 0 saturated carbocycles. The lowest BCUT2D eigenvalue weighted by Gasteiger charge is -2.24. The minimum atomic E-state index is -1.01. The van der Waals surface area contributed by atoms with Gasteiger partial charge in [0, 0.05) is 50.2 Å². The van der Waals surface area contributed by atoms with Crippen LogP contribution in [-0.2, 0) is 24.4 Å². The molecule has 0 aliphatic heterocycles. The van der Waals surface area contributed by atoms with Gasteiger partial charge in [-0.05, 0) is 74.0 Å². The molecule has 6 rings (SSSR count). The molecule has 0 spiro atoms. The summed E-state index contributed by atoms with van der Waals surface area (Å²) in [6.45, 7) is 10.7. The molecule has 6 aromatic rings. The number of aliphatic carboxylic acids is 1. The lowest BCUT2D eigenvalue weighted by molar-refractivity contribution is -0.146. The van der Waals surface area contributed by atoms with E-state index in [1.807, 2.05) is 54.6 Å². The van der Waals surface area contributed by atoms with Crippen molar-refractivity contribution in [1.29, 1.82) is 0 Å². The Kier molecular flexibility index (Phi) is 9.00. The molecule has 6 nitrogen and oxygen atoms in total. The standard InChI is InChI=1S/C39H37F2N3O3S/c1-38(2,3)48-36-31-19-30(47-23-29-13-10-26-18-27(40)11-16-33(26)43-29)14-17-34(31)44(35(36)20-39(4,5)37(45)46)22-24-6-8-25(9-7-24)32-15-12-28(41)21-42-32/h6-19,21H,20,22-23H2,1-5H3,(H,45,46). The van der Waals surface area contributed by atoms with E-state index in [2.05, 4.69) is 35.3 Å². The van der Waals surface area contributed by atoms with Crippen molar-refractivity contribution >= 4 is 39.5 Å². The number of benzene rings is 3. The first kappa shape index (κ1) is 33.2. The molecular formula is C39H37F2N3O3S. The van der Waals surface area contributed by atoms with Gasteiger partial charge in [0.15, 0.2) is 0 Å². The lowest BCUT2D eigenvalue weighted by atomic mass is 9.88. The molecule has 48 heavy (non-hydrogen) atoms. The number of hydrogen-bond acceptors (Lipinski definition) is 5. The number of aromatic nitrogens is 3. The zero-order chi connectivity index (χ0) is 34.2. The van der Waals surface area contributed by atoms with Gasteiger partial charge in [0.2, 0.25) is 0 Å². The summed E-state index contributed by atoms with van der Waals surface area (Å²) in [7, 11) is 0. The van der Waals surface area contributed by atoms with Crippen LogP contribution in [-0.4, -0.2) is 30.4 Å². The maximum atomic E-state index is 13.6. The van der Waals surface area contributed by atoms with Gasteiger partial charge in [-0.15, -0.1) is 11.8 Å². The van der Waals surface area contributed by atoms with Gasteiger partial charge in [-0.2, -0.15) is 0 Å². The van der Waals surface area contributed by atoms with Crippen LogP contribution in [0.2, 0.25) is 0 Å². The predicted molar refractivity (Wildman–Crippen MR) is 187 cm³/mol. The topological polar surface area (TPSA) is 77.2 Å². The monoisotopic (exact) mass is 665 g/mol. The van der Waals surface area contributed by atoms with E-state index >= 15 is 0 Å². The molecular weight excluding hydrogens is 629 g/mol. The molecule has 0 radical (unpaired) electrons. The van der Waals surface area contributed by atoms with Crippen LogP contribution in [0.15, 0.2) is 96.0 Å². The average molecular weight is 666 g/mol. The van der Waals surface area contributed by atoms with Crippen LogP contribution in [0.1, 0.15) is 51.6 Å².